The quantitative estimate of drug-likeness (QED) is 0.821. The maximum atomic E-state index is 13.2. The fraction of sp³-hybridized carbons (Fsp3) is 0.438. The lowest BCUT2D eigenvalue weighted by molar-refractivity contribution is 0.615. The number of hydrogen-bond acceptors (Lipinski definition) is 2. The topological polar surface area (TPSA) is 29.9 Å². The van der Waals surface area contributed by atoms with Crippen LogP contribution in [0.3, 0.4) is 0 Å². The Morgan fingerprint density at radius 3 is 2.80 bits per heavy atom. The van der Waals surface area contributed by atoms with Crippen LogP contribution in [0, 0.1) is 19.7 Å². The van der Waals surface area contributed by atoms with E-state index in [0.717, 1.165) is 43.0 Å². The summed E-state index contributed by atoms with van der Waals surface area (Å²) in [4.78, 5) is 4.39. The van der Waals surface area contributed by atoms with Gasteiger partial charge >= 0.3 is 0 Å². The molecule has 0 atom stereocenters. The van der Waals surface area contributed by atoms with Crippen molar-refractivity contribution in [2.75, 3.05) is 6.54 Å². The van der Waals surface area contributed by atoms with E-state index in [0.29, 0.717) is 0 Å². The van der Waals surface area contributed by atoms with Gasteiger partial charge in [-0.05, 0) is 50.1 Å². The monoisotopic (exact) mass is 275 g/mol. The number of imidazole rings is 1. The number of rotatable bonds is 6. The van der Waals surface area contributed by atoms with Crippen LogP contribution < -0.4 is 5.32 Å². The smallest absolute Gasteiger partial charge is 0.123 e. The molecule has 0 amide bonds. The van der Waals surface area contributed by atoms with Crippen molar-refractivity contribution in [2.45, 2.75) is 40.3 Å². The highest BCUT2D eigenvalue weighted by atomic mass is 19.1. The van der Waals surface area contributed by atoms with E-state index in [2.05, 4.69) is 21.8 Å². The number of aromatic nitrogens is 2. The lowest BCUT2D eigenvalue weighted by atomic mass is 10.1. The molecule has 1 heterocycles. The zero-order valence-electron chi connectivity index (χ0n) is 12.4. The van der Waals surface area contributed by atoms with E-state index in [1.54, 1.807) is 6.07 Å². The first-order chi connectivity index (χ1) is 9.61. The molecule has 0 fully saturated rings. The Labute approximate surface area is 119 Å². The molecule has 108 valence electrons. The molecular weight excluding hydrogens is 253 g/mol. The van der Waals surface area contributed by atoms with Gasteiger partial charge < -0.3 is 9.88 Å². The van der Waals surface area contributed by atoms with Gasteiger partial charge in [0.1, 0.15) is 11.6 Å². The molecular formula is C16H22FN3. The van der Waals surface area contributed by atoms with Crippen LogP contribution in [0.5, 0.6) is 0 Å². The van der Waals surface area contributed by atoms with Crippen molar-refractivity contribution in [3.05, 3.63) is 52.9 Å². The van der Waals surface area contributed by atoms with Crippen LogP contribution in [0.15, 0.2) is 24.4 Å². The summed E-state index contributed by atoms with van der Waals surface area (Å²) in [6.07, 6.45) is 3.03. The largest absolute Gasteiger partial charge is 0.327 e. The van der Waals surface area contributed by atoms with Crippen LogP contribution in [-0.2, 0) is 13.1 Å². The summed E-state index contributed by atoms with van der Waals surface area (Å²) in [5, 5.41) is 3.39. The van der Waals surface area contributed by atoms with Crippen molar-refractivity contribution in [2.24, 2.45) is 0 Å². The van der Waals surface area contributed by atoms with E-state index in [4.69, 9.17) is 0 Å². The minimum absolute atomic E-state index is 0.182. The van der Waals surface area contributed by atoms with Crippen molar-refractivity contribution in [3.8, 4) is 0 Å². The highest BCUT2D eigenvalue weighted by molar-refractivity contribution is 5.27. The second kappa shape index (κ2) is 6.66. The van der Waals surface area contributed by atoms with Crippen LogP contribution >= 0.6 is 0 Å². The summed E-state index contributed by atoms with van der Waals surface area (Å²) < 4.78 is 15.3. The maximum absolute atomic E-state index is 13.2. The van der Waals surface area contributed by atoms with Crippen LogP contribution in [0.2, 0.25) is 0 Å². The molecule has 0 aliphatic rings. The van der Waals surface area contributed by atoms with Crippen LogP contribution in [0.25, 0.3) is 0 Å². The molecule has 1 aromatic carbocycles. The molecule has 0 bridgehead atoms. The van der Waals surface area contributed by atoms with Gasteiger partial charge in [0.2, 0.25) is 0 Å². The summed E-state index contributed by atoms with van der Waals surface area (Å²) in [6, 6.07) is 4.95. The van der Waals surface area contributed by atoms with Crippen molar-refractivity contribution in [1.29, 1.82) is 0 Å². The van der Waals surface area contributed by atoms with Gasteiger partial charge in [-0.2, -0.15) is 0 Å². The maximum Gasteiger partial charge on any atom is 0.123 e. The average molecular weight is 275 g/mol. The summed E-state index contributed by atoms with van der Waals surface area (Å²) in [5.41, 5.74) is 3.27. The Balaban J connectivity index is 2.17. The molecule has 0 saturated carbocycles. The third-order valence-corrected chi connectivity index (χ3v) is 3.50. The Kier molecular flexibility index (Phi) is 4.90. The Hall–Kier alpha value is -1.68. The van der Waals surface area contributed by atoms with Crippen LogP contribution in [0.1, 0.15) is 36.0 Å². The first kappa shape index (κ1) is 14.7. The molecule has 3 nitrogen and oxygen atoms in total. The molecule has 0 saturated heterocycles. The van der Waals surface area contributed by atoms with E-state index in [9.17, 15) is 4.39 Å². The van der Waals surface area contributed by atoms with Crippen LogP contribution in [-0.4, -0.2) is 16.1 Å². The van der Waals surface area contributed by atoms with Gasteiger partial charge in [0.05, 0.1) is 5.69 Å². The van der Waals surface area contributed by atoms with Crippen LogP contribution in [0.4, 0.5) is 4.39 Å². The molecule has 20 heavy (non-hydrogen) atoms. The van der Waals surface area contributed by atoms with Gasteiger partial charge in [-0.3, -0.25) is 0 Å². The minimum Gasteiger partial charge on any atom is -0.327 e. The standard InChI is InChI=1S/C16H22FN3/c1-4-7-18-9-16-10-19-13(3)20(16)11-14-5-6-15(17)8-12(14)2/h5-6,8,10,18H,4,7,9,11H2,1-3H3. The molecule has 2 rings (SSSR count). The van der Waals surface area contributed by atoms with Gasteiger partial charge in [-0.1, -0.05) is 13.0 Å². The molecule has 0 spiro atoms. The molecule has 2 aromatic rings. The second-order valence-electron chi connectivity index (χ2n) is 5.13. The lowest BCUT2D eigenvalue weighted by Crippen LogP contribution is -2.18. The third-order valence-electron chi connectivity index (χ3n) is 3.50. The molecule has 1 aromatic heterocycles. The van der Waals surface area contributed by atoms with Crippen molar-refractivity contribution in [1.82, 2.24) is 14.9 Å². The van der Waals surface area contributed by atoms with E-state index in [1.165, 1.54) is 11.8 Å². The molecule has 0 aliphatic heterocycles. The van der Waals surface area contributed by atoms with Gasteiger partial charge in [0.25, 0.3) is 0 Å². The van der Waals surface area contributed by atoms with Crippen molar-refractivity contribution >= 4 is 0 Å². The Morgan fingerprint density at radius 2 is 2.10 bits per heavy atom. The summed E-state index contributed by atoms with van der Waals surface area (Å²) in [6.45, 7) is 8.65. The molecule has 4 heteroatoms. The summed E-state index contributed by atoms with van der Waals surface area (Å²) in [5.74, 6) is 0.806. The number of nitrogens with zero attached hydrogens (tertiary/aromatic N) is 2. The van der Waals surface area contributed by atoms with E-state index >= 15 is 0 Å². The first-order valence-electron chi connectivity index (χ1n) is 7.08. The molecule has 1 N–H and O–H groups in total. The number of aryl methyl sites for hydroxylation is 2. The van der Waals surface area contributed by atoms with Gasteiger partial charge in [0, 0.05) is 19.3 Å². The van der Waals surface area contributed by atoms with Crippen molar-refractivity contribution < 1.29 is 4.39 Å². The molecule has 0 aliphatic carbocycles. The Morgan fingerprint density at radius 1 is 1.30 bits per heavy atom. The number of hydrogen-bond donors (Lipinski definition) is 1. The molecule has 0 radical (unpaired) electrons. The fourth-order valence-electron chi connectivity index (χ4n) is 2.27. The highest BCUT2D eigenvalue weighted by Gasteiger charge is 2.08. The molecule has 0 unspecified atom stereocenters. The van der Waals surface area contributed by atoms with E-state index in [1.807, 2.05) is 26.1 Å². The van der Waals surface area contributed by atoms with Gasteiger partial charge in [-0.25, -0.2) is 9.37 Å². The highest BCUT2D eigenvalue weighted by Crippen LogP contribution is 2.14. The predicted octanol–water partition coefficient (Wildman–Crippen LogP) is 3.19. The summed E-state index contributed by atoms with van der Waals surface area (Å²) in [7, 11) is 0. The van der Waals surface area contributed by atoms with Gasteiger partial charge in [0.15, 0.2) is 0 Å². The van der Waals surface area contributed by atoms with Gasteiger partial charge in [-0.15, -0.1) is 0 Å². The first-order valence-corrected chi connectivity index (χ1v) is 7.08. The zero-order chi connectivity index (χ0) is 14.5. The zero-order valence-corrected chi connectivity index (χ0v) is 12.4. The minimum atomic E-state index is -0.182. The Bertz CT molecular complexity index is 575. The number of benzene rings is 1. The van der Waals surface area contributed by atoms with Crippen molar-refractivity contribution in [3.63, 3.8) is 0 Å². The number of nitrogens with one attached hydrogen (secondary N) is 1. The number of halogens is 1. The SMILES string of the molecule is CCCNCc1cnc(C)n1Cc1ccc(F)cc1C. The summed E-state index contributed by atoms with van der Waals surface area (Å²) >= 11 is 0. The predicted molar refractivity (Wildman–Crippen MR) is 79.2 cm³/mol. The fourth-order valence-corrected chi connectivity index (χ4v) is 2.27. The van der Waals surface area contributed by atoms with E-state index < -0.39 is 0 Å². The third kappa shape index (κ3) is 3.45. The van der Waals surface area contributed by atoms with E-state index in [-0.39, 0.29) is 5.82 Å². The second-order valence-corrected chi connectivity index (χ2v) is 5.13. The average Bonchev–Trinajstić information content (AvgIpc) is 2.75. The normalized spacial score (nSPS) is 11.0. The lowest BCUT2D eigenvalue weighted by Gasteiger charge is -2.13.